The topological polar surface area (TPSA) is 54.4 Å². The van der Waals surface area contributed by atoms with Crippen LogP contribution in [-0.4, -0.2) is 17.4 Å². The molecule has 16 heavy (non-hydrogen) atoms. The second kappa shape index (κ2) is 12.0. The van der Waals surface area contributed by atoms with E-state index in [4.69, 9.17) is 5.11 Å². The van der Waals surface area contributed by atoms with Crippen molar-refractivity contribution in [2.24, 2.45) is 0 Å². The van der Waals surface area contributed by atoms with Crippen LogP contribution < -0.4 is 0 Å². The fraction of sp³-hybridized carbons (Fsp3) is 0.692. The molecule has 0 fully saturated rings. The van der Waals surface area contributed by atoms with Crippen LogP contribution in [0.25, 0.3) is 0 Å². The third kappa shape index (κ3) is 12.9. The van der Waals surface area contributed by atoms with Crippen LogP contribution in [0.3, 0.4) is 0 Å². The summed E-state index contributed by atoms with van der Waals surface area (Å²) in [6, 6.07) is 0. The Bertz CT molecular complexity index is 209. The second-order valence-corrected chi connectivity index (χ2v) is 3.96. The maximum absolute atomic E-state index is 10.1. The van der Waals surface area contributed by atoms with Crippen LogP contribution in [0.4, 0.5) is 0 Å². The maximum atomic E-state index is 10.1. The summed E-state index contributed by atoms with van der Waals surface area (Å²) in [5, 5.41) is 8.35. The van der Waals surface area contributed by atoms with Crippen molar-refractivity contribution in [3.8, 4) is 0 Å². The number of carbonyl (C=O) groups excluding carboxylic acids is 1. The van der Waals surface area contributed by atoms with E-state index in [1.807, 2.05) is 0 Å². The number of aliphatic carboxylic acids is 1. The van der Waals surface area contributed by atoms with E-state index in [2.05, 4.69) is 0 Å². The zero-order chi connectivity index (χ0) is 12.1. The summed E-state index contributed by atoms with van der Waals surface area (Å²) in [6.07, 6.45) is 13.5. The summed E-state index contributed by atoms with van der Waals surface area (Å²) in [5.41, 5.74) is 0. The van der Waals surface area contributed by atoms with Crippen molar-refractivity contribution in [3.63, 3.8) is 0 Å². The van der Waals surface area contributed by atoms with Crippen LogP contribution >= 0.6 is 0 Å². The highest BCUT2D eigenvalue weighted by Crippen LogP contribution is 2.09. The van der Waals surface area contributed by atoms with Crippen LogP contribution in [0, 0.1) is 0 Å². The van der Waals surface area contributed by atoms with Crippen molar-refractivity contribution in [2.75, 3.05) is 0 Å². The molecule has 3 nitrogen and oxygen atoms in total. The van der Waals surface area contributed by atoms with Gasteiger partial charge in [0, 0.05) is 12.5 Å². The van der Waals surface area contributed by atoms with Gasteiger partial charge in [0.25, 0.3) is 0 Å². The highest BCUT2D eigenvalue weighted by molar-refractivity contribution is 5.79. The van der Waals surface area contributed by atoms with Crippen molar-refractivity contribution in [1.29, 1.82) is 0 Å². The number of rotatable bonds is 11. The van der Waals surface area contributed by atoms with Crippen molar-refractivity contribution in [1.82, 2.24) is 0 Å². The van der Waals surface area contributed by atoms with Gasteiger partial charge in [-0.15, -0.1) is 0 Å². The van der Waals surface area contributed by atoms with E-state index in [-0.39, 0.29) is 0 Å². The Kier molecular flexibility index (Phi) is 11.1. The molecule has 0 aromatic carbocycles. The number of aldehydes is 1. The van der Waals surface area contributed by atoms with Crippen LogP contribution in [0.15, 0.2) is 12.2 Å². The minimum absolute atomic E-state index is 0.694. The van der Waals surface area contributed by atoms with Gasteiger partial charge in [-0.25, -0.2) is 4.79 Å². The first-order chi connectivity index (χ1) is 7.77. The molecular weight excluding hydrogens is 204 g/mol. The molecule has 0 aromatic heterocycles. The summed E-state index contributed by atoms with van der Waals surface area (Å²) in [5.74, 6) is -0.866. The SMILES string of the molecule is O=CCCCCCCCCC/C=C/C(=O)O. The smallest absolute Gasteiger partial charge is 0.327 e. The fourth-order valence-electron chi connectivity index (χ4n) is 1.56. The minimum Gasteiger partial charge on any atom is -0.478 e. The third-order valence-electron chi connectivity index (χ3n) is 2.45. The third-order valence-corrected chi connectivity index (χ3v) is 2.45. The highest BCUT2D eigenvalue weighted by Gasteiger charge is 1.91. The van der Waals surface area contributed by atoms with Gasteiger partial charge in [-0.3, -0.25) is 0 Å². The van der Waals surface area contributed by atoms with E-state index in [0.717, 1.165) is 38.4 Å². The Morgan fingerprint density at radius 2 is 1.38 bits per heavy atom. The molecule has 0 radical (unpaired) electrons. The Balaban J connectivity index is 3.04. The monoisotopic (exact) mass is 226 g/mol. The van der Waals surface area contributed by atoms with Crippen LogP contribution in [0.2, 0.25) is 0 Å². The van der Waals surface area contributed by atoms with Gasteiger partial charge in [0.05, 0.1) is 0 Å². The molecule has 0 saturated carbocycles. The Morgan fingerprint density at radius 1 is 0.875 bits per heavy atom. The van der Waals surface area contributed by atoms with Gasteiger partial charge in [-0.2, -0.15) is 0 Å². The highest BCUT2D eigenvalue weighted by atomic mass is 16.4. The molecule has 3 heteroatoms. The normalized spacial score (nSPS) is 10.8. The van der Waals surface area contributed by atoms with E-state index >= 15 is 0 Å². The molecule has 0 bridgehead atoms. The van der Waals surface area contributed by atoms with Crippen LogP contribution in [0.5, 0.6) is 0 Å². The molecule has 1 N–H and O–H groups in total. The molecule has 92 valence electrons. The van der Waals surface area contributed by atoms with Gasteiger partial charge in [0.15, 0.2) is 0 Å². The lowest BCUT2D eigenvalue weighted by Gasteiger charge is -1.99. The molecule has 0 aliphatic rings. The molecular formula is C13H22O3. The van der Waals surface area contributed by atoms with Gasteiger partial charge < -0.3 is 9.90 Å². The Hall–Kier alpha value is -1.12. The fourth-order valence-corrected chi connectivity index (χ4v) is 1.56. The first-order valence-corrected chi connectivity index (χ1v) is 6.10. The second-order valence-electron chi connectivity index (χ2n) is 3.96. The lowest BCUT2D eigenvalue weighted by Crippen LogP contribution is -1.85. The standard InChI is InChI=1S/C13H22O3/c14-12-10-8-6-4-2-1-3-5-7-9-11-13(15)16/h9,11-12H,1-8,10H2,(H,15,16)/b11-9+. The average molecular weight is 226 g/mol. The average Bonchev–Trinajstić information content (AvgIpc) is 2.25. The lowest BCUT2D eigenvalue weighted by molar-refractivity contribution is -0.131. The zero-order valence-corrected chi connectivity index (χ0v) is 9.86. The summed E-state index contributed by atoms with van der Waals surface area (Å²) < 4.78 is 0. The number of carbonyl (C=O) groups is 2. The van der Waals surface area contributed by atoms with Crippen molar-refractivity contribution < 1.29 is 14.7 Å². The zero-order valence-electron chi connectivity index (χ0n) is 9.86. The van der Waals surface area contributed by atoms with Crippen molar-refractivity contribution in [3.05, 3.63) is 12.2 Å². The summed E-state index contributed by atoms with van der Waals surface area (Å²) >= 11 is 0. The molecule has 0 aliphatic carbocycles. The molecule has 0 aliphatic heterocycles. The number of hydrogen-bond donors (Lipinski definition) is 1. The number of allylic oxidation sites excluding steroid dienone is 1. The molecule has 0 spiro atoms. The summed E-state index contributed by atoms with van der Waals surface area (Å²) in [4.78, 5) is 20.2. The molecule has 0 atom stereocenters. The van der Waals surface area contributed by atoms with Gasteiger partial charge in [0.1, 0.15) is 6.29 Å². The van der Waals surface area contributed by atoms with E-state index < -0.39 is 5.97 Å². The van der Waals surface area contributed by atoms with E-state index in [9.17, 15) is 9.59 Å². The summed E-state index contributed by atoms with van der Waals surface area (Å²) in [6.45, 7) is 0. The van der Waals surface area contributed by atoms with Gasteiger partial charge in [-0.05, 0) is 19.3 Å². The molecule has 0 saturated heterocycles. The largest absolute Gasteiger partial charge is 0.478 e. The molecule has 0 aromatic rings. The number of carboxylic acids is 1. The van der Waals surface area contributed by atoms with Gasteiger partial charge in [0.2, 0.25) is 0 Å². The Labute approximate surface area is 97.5 Å². The number of unbranched alkanes of at least 4 members (excludes halogenated alkanes) is 8. The molecule has 0 unspecified atom stereocenters. The number of hydrogen-bond acceptors (Lipinski definition) is 2. The van der Waals surface area contributed by atoms with E-state index in [0.29, 0.717) is 6.42 Å². The predicted octanol–water partition coefficient (Wildman–Crippen LogP) is 3.34. The first kappa shape index (κ1) is 14.9. The van der Waals surface area contributed by atoms with E-state index in [1.165, 1.54) is 25.3 Å². The lowest BCUT2D eigenvalue weighted by atomic mass is 10.1. The van der Waals surface area contributed by atoms with Crippen LogP contribution in [0.1, 0.15) is 57.8 Å². The molecule has 0 heterocycles. The molecule has 0 amide bonds. The molecule has 0 rings (SSSR count). The number of carboxylic acid groups (broad SMARTS) is 1. The first-order valence-electron chi connectivity index (χ1n) is 6.10. The van der Waals surface area contributed by atoms with Gasteiger partial charge >= 0.3 is 5.97 Å². The summed E-state index contributed by atoms with van der Waals surface area (Å²) in [7, 11) is 0. The van der Waals surface area contributed by atoms with Crippen molar-refractivity contribution >= 4 is 12.3 Å². The van der Waals surface area contributed by atoms with E-state index in [1.54, 1.807) is 6.08 Å². The van der Waals surface area contributed by atoms with Crippen molar-refractivity contribution in [2.45, 2.75) is 57.8 Å². The van der Waals surface area contributed by atoms with Gasteiger partial charge in [-0.1, -0.05) is 38.2 Å². The minimum atomic E-state index is -0.866. The predicted molar refractivity (Wildman–Crippen MR) is 64.4 cm³/mol. The maximum Gasteiger partial charge on any atom is 0.327 e. The Morgan fingerprint density at radius 3 is 1.88 bits per heavy atom. The quantitative estimate of drug-likeness (QED) is 0.334. The van der Waals surface area contributed by atoms with Crippen LogP contribution in [-0.2, 0) is 9.59 Å².